The fourth-order valence-corrected chi connectivity index (χ4v) is 3.41. The molecule has 124 valence electrons. The first-order valence-electron chi connectivity index (χ1n) is 8.32. The maximum absolute atomic E-state index is 10.7. The van der Waals surface area contributed by atoms with Crippen molar-refractivity contribution in [3.05, 3.63) is 35.7 Å². The summed E-state index contributed by atoms with van der Waals surface area (Å²) in [4.78, 5) is 4.25. The lowest BCUT2D eigenvalue weighted by molar-refractivity contribution is -0.183. The van der Waals surface area contributed by atoms with E-state index in [1.165, 1.54) is 16.2 Å². The van der Waals surface area contributed by atoms with E-state index in [2.05, 4.69) is 52.6 Å². The van der Waals surface area contributed by atoms with Crippen LogP contribution in [0.4, 0.5) is 0 Å². The zero-order chi connectivity index (χ0) is 17.1. The number of hydrogen-bond acceptors (Lipinski definition) is 3. The molecule has 0 fully saturated rings. The third-order valence-electron chi connectivity index (χ3n) is 4.27. The van der Waals surface area contributed by atoms with Crippen LogP contribution in [0.25, 0.3) is 5.57 Å². The molecule has 0 aliphatic carbocycles. The monoisotopic (exact) mass is 304 g/mol. The van der Waals surface area contributed by atoms with Gasteiger partial charge in [-0.25, -0.2) is 0 Å². The van der Waals surface area contributed by atoms with Crippen LogP contribution >= 0.6 is 0 Å². The molecule has 1 N–H and O–H groups in total. The van der Waals surface area contributed by atoms with Crippen molar-refractivity contribution in [3.63, 3.8) is 0 Å². The Morgan fingerprint density at radius 3 is 2.18 bits per heavy atom. The summed E-state index contributed by atoms with van der Waals surface area (Å²) < 4.78 is 0. The van der Waals surface area contributed by atoms with Gasteiger partial charge in [-0.3, -0.25) is 4.98 Å². The van der Waals surface area contributed by atoms with Gasteiger partial charge < -0.3 is 5.21 Å². The van der Waals surface area contributed by atoms with Gasteiger partial charge in [0.05, 0.1) is 11.1 Å². The molecule has 22 heavy (non-hydrogen) atoms. The summed E-state index contributed by atoms with van der Waals surface area (Å²) in [5.41, 5.74) is 2.88. The van der Waals surface area contributed by atoms with Gasteiger partial charge in [-0.15, -0.1) is 0 Å². The Morgan fingerprint density at radius 1 is 1.14 bits per heavy atom. The first-order valence-corrected chi connectivity index (χ1v) is 8.32. The molecule has 3 nitrogen and oxygen atoms in total. The highest BCUT2D eigenvalue weighted by molar-refractivity contribution is 5.79. The fourth-order valence-electron chi connectivity index (χ4n) is 3.41. The predicted octanol–water partition coefficient (Wildman–Crippen LogP) is 5.17. The van der Waals surface area contributed by atoms with E-state index < -0.39 is 5.54 Å². The maximum atomic E-state index is 10.7. The fraction of sp³-hybridized carbons (Fsp3) is 0.632. The minimum atomic E-state index is -0.406. The van der Waals surface area contributed by atoms with Crippen LogP contribution in [0, 0.1) is 5.92 Å². The van der Waals surface area contributed by atoms with E-state index in [0.717, 1.165) is 12.0 Å². The van der Waals surface area contributed by atoms with Crippen molar-refractivity contribution in [2.75, 3.05) is 0 Å². The molecule has 2 heterocycles. The van der Waals surface area contributed by atoms with Gasteiger partial charge in [-0.2, -0.15) is 5.06 Å². The largest absolute Gasteiger partial charge is 0.312 e. The minimum Gasteiger partial charge on any atom is -0.312 e. The van der Waals surface area contributed by atoms with Gasteiger partial charge in [0, 0.05) is 12.4 Å². The molecule has 3 heteroatoms. The number of hydroxylamine groups is 2. The first kappa shape index (κ1) is 18.9. The Kier molecular flexibility index (Phi) is 5.94. The van der Waals surface area contributed by atoms with Gasteiger partial charge in [0.1, 0.15) is 0 Å². The molecule has 1 aromatic rings. The third kappa shape index (κ3) is 3.26. The molecule has 0 aromatic carbocycles. The molecular formula is C19H32N2O. The van der Waals surface area contributed by atoms with Crippen molar-refractivity contribution in [2.45, 2.75) is 72.9 Å². The molecule has 0 bridgehead atoms. The van der Waals surface area contributed by atoms with E-state index in [0.29, 0.717) is 5.92 Å². The number of rotatable bonds is 3. The highest BCUT2D eigenvalue weighted by atomic mass is 16.5. The first-order chi connectivity index (χ1) is 10.2. The van der Waals surface area contributed by atoms with Gasteiger partial charge in [0.15, 0.2) is 0 Å². The number of nitrogens with zero attached hydrogens (tertiary/aromatic N) is 2. The van der Waals surface area contributed by atoms with E-state index in [-0.39, 0.29) is 5.54 Å². The smallest absolute Gasteiger partial charge is 0.0668 e. The molecular weight excluding hydrogens is 272 g/mol. The summed E-state index contributed by atoms with van der Waals surface area (Å²) in [6.45, 7) is 16.8. The van der Waals surface area contributed by atoms with Crippen molar-refractivity contribution >= 4 is 5.57 Å². The van der Waals surface area contributed by atoms with Crippen molar-refractivity contribution in [2.24, 2.45) is 5.92 Å². The Labute approximate surface area is 136 Å². The van der Waals surface area contributed by atoms with Crippen molar-refractivity contribution in [1.29, 1.82) is 0 Å². The van der Waals surface area contributed by atoms with Gasteiger partial charge in [-0.1, -0.05) is 33.8 Å². The molecule has 2 rings (SSSR count). The molecule has 0 saturated carbocycles. The second-order valence-electron chi connectivity index (χ2n) is 7.12. The Hall–Kier alpha value is -1.19. The third-order valence-corrected chi connectivity index (χ3v) is 4.27. The summed E-state index contributed by atoms with van der Waals surface area (Å²) in [6.07, 6.45) is 4.67. The van der Waals surface area contributed by atoms with Crippen LogP contribution in [0.5, 0.6) is 0 Å². The topological polar surface area (TPSA) is 36.4 Å². The molecule has 0 spiro atoms. The minimum absolute atomic E-state index is 0.348. The van der Waals surface area contributed by atoms with E-state index in [9.17, 15) is 5.21 Å². The second kappa shape index (κ2) is 6.93. The lowest BCUT2D eigenvalue weighted by Crippen LogP contribution is -2.48. The lowest BCUT2D eigenvalue weighted by atomic mass is 9.83. The molecule has 1 aliphatic rings. The number of aromatic nitrogens is 1. The molecule has 0 unspecified atom stereocenters. The van der Waals surface area contributed by atoms with E-state index in [4.69, 9.17) is 0 Å². The van der Waals surface area contributed by atoms with Gasteiger partial charge in [0.2, 0.25) is 0 Å². The van der Waals surface area contributed by atoms with Crippen molar-refractivity contribution in [1.82, 2.24) is 10.0 Å². The average molecular weight is 304 g/mol. The van der Waals surface area contributed by atoms with Crippen LogP contribution < -0.4 is 0 Å². The van der Waals surface area contributed by atoms with E-state index >= 15 is 0 Å². The summed E-state index contributed by atoms with van der Waals surface area (Å²) >= 11 is 0. The number of hydrogen-bond donors (Lipinski definition) is 1. The number of pyridine rings is 1. The summed E-state index contributed by atoms with van der Waals surface area (Å²) in [7, 11) is 0. The van der Waals surface area contributed by atoms with Crippen LogP contribution in [0.1, 0.15) is 67.4 Å². The van der Waals surface area contributed by atoms with E-state index in [1.54, 1.807) is 6.20 Å². The van der Waals surface area contributed by atoms with Gasteiger partial charge in [0.25, 0.3) is 0 Å². The molecule has 0 saturated heterocycles. The highest BCUT2D eigenvalue weighted by Crippen LogP contribution is 2.50. The standard InChI is InChI=1S/C17H26N2O.C2H6/c1-12(2)10-14-15(13-8-7-9-18-11-13)17(5,6)19(20)16(14,3)4;1-2/h7-9,11-12,20H,10H2,1-6H3;1-2H3. The summed E-state index contributed by atoms with van der Waals surface area (Å²) in [6, 6.07) is 4.04. The van der Waals surface area contributed by atoms with Crippen LogP contribution in [-0.4, -0.2) is 26.3 Å². The average Bonchev–Trinajstić information content (AvgIpc) is 2.60. The quantitative estimate of drug-likeness (QED) is 0.837. The summed E-state index contributed by atoms with van der Waals surface area (Å²) in [5.74, 6) is 0.554. The molecule has 1 aliphatic heterocycles. The van der Waals surface area contributed by atoms with Crippen LogP contribution in [-0.2, 0) is 0 Å². The van der Waals surface area contributed by atoms with Gasteiger partial charge in [-0.05, 0) is 62.8 Å². The Balaban J connectivity index is 0.00000116. The van der Waals surface area contributed by atoms with Crippen LogP contribution in [0.15, 0.2) is 30.1 Å². The second-order valence-corrected chi connectivity index (χ2v) is 7.12. The zero-order valence-corrected chi connectivity index (χ0v) is 15.4. The highest BCUT2D eigenvalue weighted by Gasteiger charge is 2.50. The lowest BCUT2D eigenvalue weighted by Gasteiger charge is -2.37. The normalized spacial score (nSPS) is 20.1. The van der Waals surface area contributed by atoms with Crippen molar-refractivity contribution < 1.29 is 5.21 Å². The van der Waals surface area contributed by atoms with Crippen LogP contribution in [0.2, 0.25) is 0 Å². The predicted molar refractivity (Wildman–Crippen MR) is 93.7 cm³/mol. The molecule has 0 radical (unpaired) electrons. The van der Waals surface area contributed by atoms with Crippen molar-refractivity contribution in [3.8, 4) is 0 Å². The summed E-state index contributed by atoms with van der Waals surface area (Å²) in [5, 5.41) is 12.2. The maximum Gasteiger partial charge on any atom is 0.0668 e. The molecule has 1 aromatic heterocycles. The van der Waals surface area contributed by atoms with Gasteiger partial charge >= 0.3 is 0 Å². The molecule has 0 atom stereocenters. The van der Waals surface area contributed by atoms with E-state index in [1.807, 2.05) is 26.1 Å². The SMILES string of the molecule is CC.CC(C)CC1=C(c2cccnc2)C(C)(C)N(O)C1(C)C. The van der Waals surface area contributed by atoms with Crippen LogP contribution in [0.3, 0.4) is 0 Å². The Morgan fingerprint density at radius 2 is 1.73 bits per heavy atom. The zero-order valence-electron chi connectivity index (χ0n) is 15.4. The Bertz CT molecular complexity index is 515. The molecule has 0 amide bonds.